The van der Waals surface area contributed by atoms with E-state index < -0.39 is 11.9 Å². The number of likely N-dealkylation sites (tertiary alicyclic amines) is 1. The molecule has 1 saturated heterocycles. The molecule has 0 bridgehead atoms. The number of carbonyl (C=O) groups is 3. The van der Waals surface area contributed by atoms with Crippen molar-refractivity contribution in [2.45, 2.75) is 31.7 Å². The Bertz CT molecular complexity index is 1460. The summed E-state index contributed by atoms with van der Waals surface area (Å²) in [6, 6.07) is 5.22. The van der Waals surface area contributed by atoms with E-state index in [9.17, 15) is 18.8 Å². The van der Waals surface area contributed by atoms with Gasteiger partial charge in [0.05, 0.1) is 5.56 Å². The first kappa shape index (κ1) is 26.9. The maximum atomic E-state index is 13.5. The average Bonchev–Trinajstić information content (AvgIpc) is 3.53. The van der Waals surface area contributed by atoms with Crippen LogP contribution in [0.15, 0.2) is 64.1 Å². The van der Waals surface area contributed by atoms with Crippen molar-refractivity contribution in [2.24, 2.45) is 0 Å². The van der Waals surface area contributed by atoms with Crippen LogP contribution in [0.25, 0.3) is 24.0 Å². The minimum atomic E-state index is -0.452. The number of furan rings is 1. The first-order chi connectivity index (χ1) is 18.1. The fourth-order valence-corrected chi connectivity index (χ4v) is 4.90. The number of benzene rings is 1. The lowest BCUT2D eigenvalue weighted by Gasteiger charge is -2.27. The topological polar surface area (TPSA) is 82.9 Å². The lowest BCUT2D eigenvalue weighted by molar-refractivity contribution is -0.140. The third kappa shape index (κ3) is 5.25. The van der Waals surface area contributed by atoms with Gasteiger partial charge in [-0.2, -0.15) is 0 Å². The van der Waals surface area contributed by atoms with E-state index in [4.69, 9.17) is 4.42 Å². The van der Waals surface area contributed by atoms with Crippen LogP contribution in [-0.4, -0.2) is 61.3 Å². The highest BCUT2D eigenvalue weighted by Gasteiger charge is 2.36. The molecule has 8 heteroatoms. The molecule has 2 heterocycles. The first-order valence-electron chi connectivity index (χ1n) is 12.6. The minimum absolute atomic E-state index is 0.0733. The molecule has 198 valence electrons. The second-order valence-electron chi connectivity index (χ2n) is 9.66. The zero-order valence-corrected chi connectivity index (χ0v) is 22.0. The monoisotopic (exact) mass is 517 g/mol. The number of amides is 3. The van der Waals surface area contributed by atoms with Gasteiger partial charge in [-0.05, 0) is 73.2 Å². The summed E-state index contributed by atoms with van der Waals surface area (Å²) < 4.78 is 19.3. The van der Waals surface area contributed by atoms with E-state index in [1.165, 1.54) is 36.2 Å². The molecular weight excluding hydrogens is 485 g/mol. The van der Waals surface area contributed by atoms with Crippen molar-refractivity contribution in [3.63, 3.8) is 0 Å². The van der Waals surface area contributed by atoms with Crippen molar-refractivity contribution < 1.29 is 23.2 Å². The SMILES string of the molecule is C=C(/C=c1/c(C(=O)NC)c(-c2ccc(F)cc2)oc1=C)C1=CC(C(=O)N2CCCC2C(=O)N(C)C)=CCC1. The van der Waals surface area contributed by atoms with Crippen molar-refractivity contribution in [3.8, 4) is 11.3 Å². The second kappa shape index (κ2) is 11.0. The standard InChI is InChI=1S/C30H32FN3O4/c1-18(16-24-19(2)38-27(26(24)28(35)32-3)20-11-13-23(31)14-12-20)21-8-6-9-22(17-21)29(36)34-15-7-10-25(34)30(37)33(4)5/h9,11-14,16-17,25H,1-2,6-8,10,15H2,3-5H3,(H,32,35)/b24-16+. The summed E-state index contributed by atoms with van der Waals surface area (Å²) in [4.78, 5) is 42.0. The molecular formula is C30H32FN3O4. The van der Waals surface area contributed by atoms with E-state index in [0.29, 0.717) is 47.7 Å². The molecule has 0 radical (unpaired) electrons. The molecule has 1 unspecified atom stereocenters. The zero-order chi connectivity index (χ0) is 27.6. The Hall–Kier alpha value is -4.20. The molecule has 7 nitrogen and oxygen atoms in total. The lowest BCUT2D eigenvalue weighted by Crippen LogP contribution is -2.45. The summed E-state index contributed by atoms with van der Waals surface area (Å²) in [5, 5.41) is 3.09. The highest BCUT2D eigenvalue weighted by molar-refractivity contribution is 6.01. The maximum Gasteiger partial charge on any atom is 0.255 e. The Labute approximate surface area is 221 Å². The van der Waals surface area contributed by atoms with E-state index in [0.717, 1.165) is 12.0 Å². The maximum absolute atomic E-state index is 13.5. The molecule has 1 aromatic carbocycles. The van der Waals surface area contributed by atoms with Crippen LogP contribution in [0.5, 0.6) is 0 Å². The van der Waals surface area contributed by atoms with E-state index in [-0.39, 0.29) is 34.5 Å². The summed E-state index contributed by atoms with van der Waals surface area (Å²) in [6.45, 7) is 8.72. The fourth-order valence-electron chi connectivity index (χ4n) is 4.90. The predicted molar refractivity (Wildman–Crippen MR) is 145 cm³/mol. The number of hydrogen-bond acceptors (Lipinski definition) is 4. The van der Waals surface area contributed by atoms with Gasteiger partial charge >= 0.3 is 0 Å². The lowest BCUT2D eigenvalue weighted by atomic mass is 9.92. The van der Waals surface area contributed by atoms with Gasteiger partial charge in [0, 0.05) is 44.0 Å². The molecule has 3 amide bonds. The van der Waals surface area contributed by atoms with Crippen molar-refractivity contribution in [1.29, 1.82) is 0 Å². The summed E-state index contributed by atoms with van der Waals surface area (Å²) in [7, 11) is 4.91. The zero-order valence-electron chi connectivity index (χ0n) is 22.0. The van der Waals surface area contributed by atoms with Crippen LogP contribution < -0.4 is 16.0 Å². The number of halogens is 1. The average molecular weight is 518 g/mol. The molecule has 38 heavy (non-hydrogen) atoms. The van der Waals surface area contributed by atoms with Gasteiger partial charge in [-0.25, -0.2) is 4.39 Å². The van der Waals surface area contributed by atoms with Crippen LogP contribution in [0.1, 0.15) is 36.0 Å². The molecule has 0 saturated carbocycles. The third-order valence-corrected chi connectivity index (χ3v) is 6.91. The van der Waals surface area contributed by atoms with E-state index in [2.05, 4.69) is 18.5 Å². The molecule has 0 spiro atoms. The van der Waals surface area contributed by atoms with Gasteiger partial charge in [0.1, 0.15) is 23.0 Å². The Morgan fingerprint density at radius 1 is 1.21 bits per heavy atom. The Morgan fingerprint density at radius 3 is 2.58 bits per heavy atom. The largest absolute Gasteiger partial charge is 0.456 e. The quantitative estimate of drug-likeness (QED) is 0.639. The van der Waals surface area contributed by atoms with Crippen LogP contribution in [0.4, 0.5) is 4.39 Å². The molecule has 1 aromatic heterocycles. The number of nitrogens with one attached hydrogen (secondary N) is 1. The van der Waals surface area contributed by atoms with Crippen LogP contribution in [0.2, 0.25) is 0 Å². The number of nitrogens with zero attached hydrogens (tertiary/aromatic N) is 2. The minimum Gasteiger partial charge on any atom is -0.456 e. The number of carbonyl (C=O) groups excluding carboxylic acids is 3. The number of allylic oxidation sites excluding steroid dienone is 3. The van der Waals surface area contributed by atoms with Gasteiger partial charge in [-0.3, -0.25) is 14.4 Å². The Balaban J connectivity index is 1.67. The molecule has 4 rings (SSSR count). The molecule has 1 aliphatic heterocycles. The molecule has 2 aliphatic rings. The number of hydrogen-bond donors (Lipinski definition) is 1. The fraction of sp³-hybridized carbons (Fsp3) is 0.300. The van der Waals surface area contributed by atoms with Crippen molar-refractivity contribution >= 4 is 30.4 Å². The molecule has 1 aliphatic carbocycles. The van der Waals surface area contributed by atoms with Crippen LogP contribution >= 0.6 is 0 Å². The number of likely N-dealkylation sites (N-methyl/N-ethyl adjacent to an activating group) is 1. The van der Waals surface area contributed by atoms with Crippen molar-refractivity contribution in [1.82, 2.24) is 15.1 Å². The Morgan fingerprint density at radius 2 is 1.92 bits per heavy atom. The highest BCUT2D eigenvalue weighted by Crippen LogP contribution is 2.28. The van der Waals surface area contributed by atoms with Gasteiger partial charge in [0.2, 0.25) is 5.91 Å². The van der Waals surface area contributed by atoms with Crippen molar-refractivity contribution in [3.05, 3.63) is 81.7 Å². The number of rotatable bonds is 6. The van der Waals surface area contributed by atoms with Crippen LogP contribution in [0, 0.1) is 5.82 Å². The normalized spacial score (nSPS) is 17.6. The first-order valence-corrected chi connectivity index (χ1v) is 12.6. The second-order valence-corrected chi connectivity index (χ2v) is 9.66. The predicted octanol–water partition coefficient (Wildman–Crippen LogP) is 2.92. The summed E-state index contributed by atoms with van der Waals surface area (Å²) in [6.07, 6.45) is 8.18. The summed E-state index contributed by atoms with van der Waals surface area (Å²) in [5.74, 6) is -0.728. The van der Waals surface area contributed by atoms with Gasteiger partial charge < -0.3 is 19.5 Å². The van der Waals surface area contributed by atoms with Crippen LogP contribution in [-0.2, 0) is 9.59 Å². The van der Waals surface area contributed by atoms with Gasteiger partial charge in [0.15, 0.2) is 0 Å². The summed E-state index contributed by atoms with van der Waals surface area (Å²) >= 11 is 0. The van der Waals surface area contributed by atoms with Gasteiger partial charge in [0.25, 0.3) is 11.8 Å². The third-order valence-electron chi connectivity index (χ3n) is 6.91. The molecule has 2 aromatic rings. The van der Waals surface area contributed by atoms with E-state index >= 15 is 0 Å². The van der Waals surface area contributed by atoms with Gasteiger partial charge in [-0.15, -0.1) is 0 Å². The molecule has 1 fully saturated rings. The molecule has 1 atom stereocenters. The highest BCUT2D eigenvalue weighted by atomic mass is 19.1. The van der Waals surface area contributed by atoms with Crippen LogP contribution in [0.3, 0.4) is 0 Å². The van der Waals surface area contributed by atoms with Crippen molar-refractivity contribution in [2.75, 3.05) is 27.7 Å². The van der Waals surface area contributed by atoms with Gasteiger partial charge in [-0.1, -0.05) is 19.2 Å². The van der Waals surface area contributed by atoms with E-state index in [1.807, 2.05) is 12.2 Å². The van der Waals surface area contributed by atoms with E-state index in [1.54, 1.807) is 25.1 Å². The Kier molecular flexibility index (Phi) is 7.80. The smallest absolute Gasteiger partial charge is 0.255 e. The molecule has 1 N–H and O–H groups in total. The summed E-state index contributed by atoms with van der Waals surface area (Å²) in [5.41, 5.74) is 3.08.